The predicted octanol–water partition coefficient (Wildman–Crippen LogP) is -0.263. The van der Waals surface area contributed by atoms with Crippen LogP contribution in [-0.2, 0) is 16.4 Å². The molecular weight excluding hydrogens is 362 g/mol. The third-order valence-electron chi connectivity index (χ3n) is 3.95. The number of sulfonamides is 1. The number of aryl methyl sites for hydroxylation is 1. The lowest BCUT2D eigenvalue weighted by Crippen LogP contribution is -2.53. The summed E-state index contributed by atoms with van der Waals surface area (Å²) in [6.07, 6.45) is 0.856. The van der Waals surface area contributed by atoms with E-state index in [1.165, 1.54) is 11.5 Å². The molecule has 0 amide bonds. The van der Waals surface area contributed by atoms with E-state index in [0.717, 1.165) is 49.5 Å². The number of piperazine rings is 1. The molecule has 2 N–H and O–H groups in total. The number of nitrogens with one attached hydrogen (secondary N) is 2. The summed E-state index contributed by atoms with van der Waals surface area (Å²) in [4.78, 5) is 13.2. The minimum Gasteiger partial charge on any atom is -0.355 e. The van der Waals surface area contributed by atoms with Crippen molar-refractivity contribution < 1.29 is 8.42 Å². The maximum atomic E-state index is 11.4. The van der Waals surface area contributed by atoms with E-state index in [9.17, 15) is 8.42 Å². The molecular formula is C14H27N7O2S2. The summed E-state index contributed by atoms with van der Waals surface area (Å²) in [7, 11) is -1.41. The Kier molecular flexibility index (Phi) is 7.38. The van der Waals surface area contributed by atoms with Gasteiger partial charge in [-0.25, -0.2) is 18.1 Å². The summed E-state index contributed by atoms with van der Waals surface area (Å²) in [6.45, 7) is 7.92. The smallest absolute Gasteiger partial charge is 0.211 e. The van der Waals surface area contributed by atoms with E-state index in [4.69, 9.17) is 0 Å². The van der Waals surface area contributed by atoms with Gasteiger partial charge in [0, 0.05) is 64.3 Å². The number of anilines is 1. The Morgan fingerprint density at radius 2 is 1.96 bits per heavy atom. The fraction of sp³-hybridized carbons (Fsp3) is 0.786. The van der Waals surface area contributed by atoms with Gasteiger partial charge < -0.3 is 15.1 Å². The second-order valence-electron chi connectivity index (χ2n) is 5.59. The zero-order valence-corrected chi connectivity index (χ0v) is 16.7. The molecule has 0 bridgehead atoms. The summed E-state index contributed by atoms with van der Waals surface area (Å²) < 4.78 is 29.7. The van der Waals surface area contributed by atoms with Crippen LogP contribution in [0.3, 0.4) is 0 Å². The zero-order valence-electron chi connectivity index (χ0n) is 15.0. The van der Waals surface area contributed by atoms with Gasteiger partial charge in [0.25, 0.3) is 0 Å². The molecule has 11 heteroatoms. The average molecular weight is 390 g/mol. The van der Waals surface area contributed by atoms with Crippen LogP contribution in [0, 0.1) is 0 Å². The second-order valence-corrected chi connectivity index (χ2v) is 8.42. The number of rotatable bonds is 7. The van der Waals surface area contributed by atoms with Crippen molar-refractivity contribution in [1.29, 1.82) is 0 Å². The Labute approximate surface area is 153 Å². The van der Waals surface area contributed by atoms with Gasteiger partial charge in [0.1, 0.15) is 5.82 Å². The monoisotopic (exact) mass is 389 g/mol. The average Bonchev–Trinajstić information content (AvgIpc) is 3.11. The first-order valence-corrected chi connectivity index (χ1v) is 10.9. The summed E-state index contributed by atoms with van der Waals surface area (Å²) >= 11 is 1.45. The SMILES string of the molecule is CCc1nsc(N2CCN(C(=NC)NCCNS(=O)(=O)CC)CC2)n1. The molecule has 0 spiro atoms. The van der Waals surface area contributed by atoms with Gasteiger partial charge >= 0.3 is 0 Å². The normalized spacial score (nSPS) is 16.4. The summed E-state index contributed by atoms with van der Waals surface area (Å²) in [5.41, 5.74) is 0. The zero-order chi connectivity index (χ0) is 18.3. The number of aliphatic imine (C=N–C) groups is 1. The molecule has 142 valence electrons. The first kappa shape index (κ1) is 19.9. The standard InChI is InChI=1S/C14H27N7O2S2/c1-4-12-18-14(24-19-12)21-10-8-20(9-11-21)13(15-3)16-6-7-17-25(22,23)5-2/h17H,4-11H2,1-3H3,(H,15,16). The van der Waals surface area contributed by atoms with Crippen molar-refractivity contribution in [2.45, 2.75) is 20.3 Å². The van der Waals surface area contributed by atoms with Gasteiger partial charge in [-0.05, 0) is 6.92 Å². The van der Waals surface area contributed by atoms with Crippen molar-refractivity contribution in [2.24, 2.45) is 4.99 Å². The van der Waals surface area contributed by atoms with E-state index in [2.05, 4.69) is 41.1 Å². The highest BCUT2D eigenvalue weighted by Gasteiger charge is 2.21. The van der Waals surface area contributed by atoms with E-state index in [0.29, 0.717) is 13.1 Å². The lowest BCUT2D eigenvalue weighted by Gasteiger charge is -2.36. The van der Waals surface area contributed by atoms with Crippen LogP contribution in [-0.4, -0.2) is 80.7 Å². The summed E-state index contributed by atoms with van der Waals surface area (Å²) in [6, 6.07) is 0. The molecule has 1 saturated heterocycles. The van der Waals surface area contributed by atoms with Crippen LogP contribution in [0.15, 0.2) is 4.99 Å². The molecule has 0 saturated carbocycles. The lowest BCUT2D eigenvalue weighted by molar-refractivity contribution is 0.372. The number of aromatic nitrogens is 2. The van der Waals surface area contributed by atoms with E-state index >= 15 is 0 Å². The molecule has 1 aliphatic rings. The molecule has 1 aromatic heterocycles. The van der Waals surface area contributed by atoms with Gasteiger partial charge in [-0.3, -0.25) is 4.99 Å². The minimum atomic E-state index is -3.15. The van der Waals surface area contributed by atoms with Gasteiger partial charge in [-0.1, -0.05) is 6.92 Å². The van der Waals surface area contributed by atoms with Crippen molar-refractivity contribution in [3.8, 4) is 0 Å². The van der Waals surface area contributed by atoms with Crippen molar-refractivity contribution >= 4 is 32.6 Å². The van der Waals surface area contributed by atoms with Crippen LogP contribution in [0.25, 0.3) is 0 Å². The van der Waals surface area contributed by atoms with Gasteiger partial charge in [0.05, 0.1) is 5.75 Å². The van der Waals surface area contributed by atoms with Crippen LogP contribution in [0.4, 0.5) is 5.13 Å². The van der Waals surface area contributed by atoms with Crippen LogP contribution in [0.1, 0.15) is 19.7 Å². The Morgan fingerprint density at radius 3 is 2.52 bits per heavy atom. The van der Waals surface area contributed by atoms with Crippen molar-refractivity contribution in [3.05, 3.63) is 5.82 Å². The number of hydrogen-bond acceptors (Lipinski definition) is 7. The van der Waals surface area contributed by atoms with Gasteiger partial charge in [-0.2, -0.15) is 4.37 Å². The van der Waals surface area contributed by atoms with Crippen LogP contribution < -0.4 is 14.9 Å². The molecule has 9 nitrogen and oxygen atoms in total. The van der Waals surface area contributed by atoms with Crippen LogP contribution in [0.5, 0.6) is 0 Å². The summed E-state index contributed by atoms with van der Waals surface area (Å²) in [5.74, 6) is 1.78. The molecule has 2 rings (SSSR count). The molecule has 1 aromatic rings. The van der Waals surface area contributed by atoms with Crippen LogP contribution in [0.2, 0.25) is 0 Å². The number of guanidine groups is 1. The Balaban J connectivity index is 1.77. The molecule has 1 aliphatic heterocycles. The van der Waals surface area contributed by atoms with E-state index in [1.807, 2.05) is 0 Å². The van der Waals surface area contributed by atoms with Gasteiger partial charge in [-0.15, -0.1) is 0 Å². The third kappa shape index (κ3) is 5.79. The molecule has 0 aromatic carbocycles. The fourth-order valence-corrected chi connectivity index (χ4v) is 3.86. The molecule has 0 unspecified atom stereocenters. The number of hydrogen-bond donors (Lipinski definition) is 2. The Hall–Kier alpha value is -1.46. The first-order chi connectivity index (χ1) is 12.0. The highest BCUT2D eigenvalue weighted by Crippen LogP contribution is 2.19. The van der Waals surface area contributed by atoms with Gasteiger partial charge in [0.15, 0.2) is 5.96 Å². The first-order valence-electron chi connectivity index (χ1n) is 8.49. The van der Waals surface area contributed by atoms with Crippen LogP contribution >= 0.6 is 11.5 Å². The molecule has 0 atom stereocenters. The van der Waals surface area contributed by atoms with Crippen molar-refractivity contribution in [1.82, 2.24) is 24.3 Å². The third-order valence-corrected chi connectivity index (χ3v) is 6.16. The predicted molar refractivity (Wildman–Crippen MR) is 102 cm³/mol. The quantitative estimate of drug-likeness (QED) is 0.376. The largest absolute Gasteiger partial charge is 0.355 e. The van der Waals surface area contributed by atoms with Crippen molar-refractivity contribution in [3.63, 3.8) is 0 Å². The maximum absolute atomic E-state index is 11.4. The Morgan fingerprint density at radius 1 is 1.24 bits per heavy atom. The molecule has 1 fully saturated rings. The fourth-order valence-electron chi connectivity index (χ4n) is 2.44. The molecule has 25 heavy (non-hydrogen) atoms. The molecule has 0 radical (unpaired) electrons. The highest BCUT2D eigenvalue weighted by atomic mass is 32.2. The van der Waals surface area contributed by atoms with E-state index in [1.54, 1.807) is 14.0 Å². The lowest BCUT2D eigenvalue weighted by atomic mass is 10.3. The summed E-state index contributed by atoms with van der Waals surface area (Å²) in [5, 5.41) is 4.19. The second kappa shape index (κ2) is 9.30. The minimum absolute atomic E-state index is 0.0923. The van der Waals surface area contributed by atoms with Gasteiger partial charge in [0.2, 0.25) is 15.2 Å². The number of nitrogens with zero attached hydrogens (tertiary/aromatic N) is 5. The van der Waals surface area contributed by atoms with Crippen molar-refractivity contribution in [2.75, 3.05) is 57.0 Å². The Bertz CT molecular complexity index is 666. The maximum Gasteiger partial charge on any atom is 0.211 e. The topological polar surface area (TPSA) is 103 Å². The highest BCUT2D eigenvalue weighted by molar-refractivity contribution is 7.89. The molecule has 0 aliphatic carbocycles. The van der Waals surface area contributed by atoms with E-state index in [-0.39, 0.29) is 5.75 Å². The van der Waals surface area contributed by atoms with E-state index < -0.39 is 10.0 Å². The molecule has 2 heterocycles.